The molecule has 2 aliphatic heterocycles. The zero-order valence-electron chi connectivity index (χ0n) is 15.1. The number of anilines is 4. The smallest absolute Gasteiger partial charge is 0.233 e. The molecule has 2 aliphatic rings. The van der Waals surface area contributed by atoms with Crippen LogP contribution in [0.5, 0.6) is 0 Å². The molecule has 0 unspecified atom stereocenters. The average Bonchev–Trinajstić information content (AvgIpc) is 2.72. The van der Waals surface area contributed by atoms with Gasteiger partial charge in [-0.1, -0.05) is 23.2 Å². The van der Waals surface area contributed by atoms with Gasteiger partial charge < -0.3 is 24.6 Å². The van der Waals surface area contributed by atoms with Crippen molar-refractivity contribution < 1.29 is 9.47 Å². The van der Waals surface area contributed by atoms with Gasteiger partial charge in [-0.15, -0.1) is 12.4 Å². The topological polar surface area (TPSA) is 75.6 Å². The van der Waals surface area contributed by atoms with E-state index in [9.17, 15) is 0 Å². The second kappa shape index (κ2) is 9.76. The third-order valence-corrected chi connectivity index (χ3v) is 5.11. The summed E-state index contributed by atoms with van der Waals surface area (Å²) >= 11 is 12.1. The lowest BCUT2D eigenvalue weighted by Gasteiger charge is -2.30. The predicted molar refractivity (Wildman–Crippen MR) is 113 cm³/mol. The number of aromatic nitrogens is 3. The highest BCUT2D eigenvalue weighted by Crippen LogP contribution is 2.27. The number of morpholine rings is 2. The van der Waals surface area contributed by atoms with E-state index in [4.69, 9.17) is 32.7 Å². The van der Waals surface area contributed by atoms with Crippen LogP contribution >= 0.6 is 35.6 Å². The first-order chi connectivity index (χ1) is 13.2. The Morgan fingerprint density at radius 2 is 1.32 bits per heavy atom. The first kappa shape index (κ1) is 21.1. The summed E-state index contributed by atoms with van der Waals surface area (Å²) in [5, 5.41) is 4.18. The summed E-state index contributed by atoms with van der Waals surface area (Å²) in [7, 11) is 0. The highest BCUT2D eigenvalue weighted by Gasteiger charge is 2.20. The van der Waals surface area contributed by atoms with E-state index >= 15 is 0 Å². The predicted octanol–water partition coefficient (Wildman–Crippen LogP) is 3.02. The summed E-state index contributed by atoms with van der Waals surface area (Å²) in [5.74, 6) is 1.74. The standard InChI is InChI=1S/C17H20Cl2N6O2.ClH/c18-13-2-1-12(11-14(13)19)20-15-21-16(24-3-7-26-8-4-24)23-17(22-15)25-5-9-27-10-6-25;/h1-2,11H,3-10H2,(H,20,21,22,23);1H. The molecular formula is C17H21Cl3N6O2. The maximum absolute atomic E-state index is 6.12. The van der Waals surface area contributed by atoms with Crippen LogP contribution < -0.4 is 15.1 Å². The first-order valence-electron chi connectivity index (χ1n) is 8.82. The Hall–Kier alpha value is -1.58. The molecule has 3 heterocycles. The Kier molecular flexibility index (Phi) is 7.36. The monoisotopic (exact) mass is 446 g/mol. The molecule has 2 fully saturated rings. The van der Waals surface area contributed by atoms with Crippen molar-refractivity contribution in [2.45, 2.75) is 0 Å². The molecule has 28 heavy (non-hydrogen) atoms. The summed E-state index contributed by atoms with van der Waals surface area (Å²) in [6.45, 7) is 5.64. The fraction of sp³-hybridized carbons (Fsp3) is 0.471. The molecule has 11 heteroatoms. The minimum absolute atomic E-state index is 0. The van der Waals surface area contributed by atoms with Crippen LogP contribution in [0.3, 0.4) is 0 Å². The van der Waals surface area contributed by atoms with E-state index in [1.807, 2.05) is 6.07 Å². The largest absolute Gasteiger partial charge is 0.378 e. The van der Waals surface area contributed by atoms with Crippen LogP contribution in [-0.4, -0.2) is 67.6 Å². The highest BCUT2D eigenvalue weighted by atomic mass is 35.5. The van der Waals surface area contributed by atoms with Gasteiger partial charge in [0.15, 0.2) is 0 Å². The number of hydrogen-bond donors (Lipinski definition) is 1. The van der Waals surface area contributed by atoms with Crippen molar-refractivity contribution in [2.24, 2.45) is 0 Å². The van der Waals surface area contributed by atoms with Crippen molar-refractivity contribution in [1.82, 2.24) is 15.0 Å². The molecule has 0 radical (unpaired) electrons. The van der Waals surface area contributed by atoms with E-state index in [1.54, 1.807) is 12.1 Å². The molecule has 1 N–H and O–H groups in total. The third-order valence-electron chi connectivity index (χ3n) is 4.38. The van der Waals surface area contributed by atoms with Gasteiger partial charge in [0, 0.05) is 31.9 Å². The van der Waals surface area contributed by atoms with Crippen molar-refractivity contribution >= 4 is 59.1 Å². The average molecular weight is 448 g/mol. The molecule has 0 saturated carbocycles. The van der Waals surface area contributed by atoms with Crippen molar-refractivity contribution in [2.75, 3.05) is 67.7 Å². The van der Waals surface area contributed by atoms with Crippen LogP contribution in [0.15, 0.2) is 18.2 Å². The number of nitrogens with one attached hydrogen (secondary N) is 1. The molecule has 1 aromatic heterocycles. The molecule has 2 saturated heterocycles. The summed E-state index contributed by atoms with van der Waals surface area (Å²) in [6.07, 6.45) is 0. The lowest BCUT2D eigenvalue weighted by atomic mass is 10.3. The fourth-order valence-electron chi connectivity index (χ4n) is 2.92. The normalized spacial score (nSPS) is 17.2. The van der Waals surface area contributed by atoms with Gasteiger partial charge in [0.1, 0.15) is 0 Å². The van der Waals surface area contributed by atoms with Gasteiger partial charge >= 0.3 is 0 Å². The zero-order chi connectivity index (χ0) is 18.6. The van der Waals surface area contributed by atoms with Gasteiger partial charge in [-0.25, -0.2) is 0 Å². The Morgan fingerprint density at radius 1 is 0.786 bits per heavy atom. The van der Waals surface area contributed by atoms with Crippen molar-refractivity contribution in [3.05, 3.63) is 28.2 Å². The summed E-state index contributed by atoms with van der Waals surface area (Å²) in [6, 6.07) is 5.32. The molecule has 152 valence electrons. The van der Waals surface area contributed by atoms with E-state index in [0.717, 1.165) is 31.9 Å². The van der Waals surface area contributed by atoms with Crippen molar-refractivity contribution in [3.63, 3.8) is 0 Å². The first-order valence-corrected chi connectivity index (χ1v) is 9.58. The molecule has 0 bridgehead atoms. The Bertz CT molecular complexity index is 764. The number of hydrogen-bond acceptors (Lipinski definition) is 8. The number of ether oxygens (including phenoxy) is 2. The quantitative estimate of drug-likeness (QED) is 0.766. The van der Waals surface area contributed by atoms with Crippen molar-refractivity contribution in [3.8, 4) is 0 Å². The molecule has 8 nitrogen and oxygen atoms in total. The Balaban J connectivity index is 0.00000225. The van der Waals surface area contributed by atoms with Gasteiger partial charge in [0.2, 0.25) is 17.8 Å². The van der Waals surface area contributed by atoms with E-state index in [-0.39, 0.29) is 12.4 Å². The summed E-state index contributed by atoms with van der Waals surface area (Å²) in [5.41, 5.74) is 0.761. The maximum atomic E-state index is 6.12. The van der Waals surface area contributed by atoms with E-state index < -0.39 is 0 Å². The molecular weight excluding hydrogens is 427 g/mol. The van der Waals surface area contributed by atoms with Crippen LogP contribution in [0.1, 0.15) is 0 Å². The molecule has 0 atom stereocenters. The van der Waals surface area contributed by atoms with Crippen LogP contribution in [0, 0.1) is 0 Å². The SMILES string of the molecule is Cl.Clc1ccc(Nc2nc(N3CCOCC3)nc(N3CCOCC3)n2)cc1Cl. The molecule has 0 spiro atoms. The lowest BCUT2D eigenvalue weighted by molar-refractivity contribution is 0.121. The van der Waals surface area contributed by atoms with Crippen LogP contribution in [0.25, 0.3) is 0 Å². The Morgan fingerprint density at radius 3 is 1.82 bits per heavy atom. The molecule has 0 amide bonds. The van der Waals surface area contributed by atoms with Gasteiger partial charge in [-0.05, 0) is 18.2 Å². The molecule has 1 aromatic carbocycles. The minimum Gasteiger partial charge on any atom is -0.378 e. The molecule has 2 aromatic rings. The minimum atomic E-state index is 0. The van der Waals surface area contributed by atoms with Gasteiger partial charge in [-0.2, -0.15) is 15.0 Å². The second-order valence-corrected chi connectivity index (χ2v) is 7.03. The lowest BCUT2D eigenvalue weighted by Crippen LogP contribution is -2.40. The van der Waals surface area contributed by atoms with Crippen LogP contribution in [0.4, 0.5) is 23.5 Å². The van der Waals surface area contributed by atoms with E-state index in [0.29, 0.717) is 54.3 Å². The van der Waals surface area contributed by atoms with Crippen LogP contribution in [-0.2, 0) is 9.47 Å². The number of rotatable bonds is 4. The van der Waals surface area contributed by atoms with Crippen LogP contribution in [0.2, 0.25) is 10.0 Å². The van der Waals surface area contributed by atoms with Gasteiger partial charge in [-0.3, -0.25) is 0 Å². The number of nitrogens with zero attached hydrogens (tertiary/aromatic N) is 5. The zero-order valence-corrected chi connectivity index (χ0v) is 17.4. The number of halogens is 3. The maximum Gasteiger partial charge on any atom is 0.233 e. The van der Waals surface area contributed by atoms with Crippen molar-refractivity contribution in [1.29, 1.82) is 0 Å². The summed E-state index contributed by atoms with van der Waals surface area (Å²) in [4.78, 5) is 18.1. The van der Waals surface area contributed by atoms with Gasteiger partial charge in [0.05, 0.1) is 36.5 Å². The second-order valence-electron chi connectivity index (χ2n) is 6.21. The highest BCUT2D eigenvalue weighted by molar-refractivity contribution is 6.42. The summed E-state index contributed by atoms with van der Waals surface area (Å²) < 4.78 is 10.9. The number of benzene rings is 1. The van der Waals surface area contributed by atoms with E-state index in [1.165, 1.54) is 0 Å². The van der Waals surface area contributed by atoms with E-state index in [2.05, 4.69) is 30.1 Å². The van der Waals surface area contributed by atoms with Gasteiger partial charge in [0.25, 0.3) is 0 Å². The Labute approximate surface area is 179 Å². The molecule has 4 rings (SSSR count). The fourth-order valence-corrected chi connectivity index (χ4v) is 3.22. The molecule has 0 aliphatic carbocycles. The third kappa shape index (κ3) is 5.07.